The number of hydrogen-bond acceptors (Lipinski definition) is 8. The molecule has 2 saturated heterocycles. The minimum atomic E-state index is 0. The lowest BCUT2D eigenvalue weighted by atomic mass is 9.94. The zero-order valence-corrected chi connectivity index (χ0v) is 24.2. The molecule has 3 heterocycles. The summed E-state index contributed by atoms with van der Waals surface area (Å²) in [5.74, 6) is 3.36. The second-order valence-corrected chi connectivity index (χ2v) is 10.1. The number of piperidine rings is 2. The Bertz CT molecular complexity index is 1190. The molecule has 1 atom stereocenters. The average molecular weight is 584 g/mol. The molecule has 0 saturated carbocycles. The van der Waals surface area contributed by atoms with Gasteiger partial charge in [-0.15, -0.1) is 24.8 Å². The van der Waals surface area contributed by atoms with E-state index in [-0.39, 0.29) is 24.8 Å². The number of ether oxygens (including phenoxy) is 2. The molecule has 0 aliphatic carbocycles. The van der Waals surface area contributed by atoms with E-state index in [9.17, 15) is 0 Å². The highest BCUT2D eigenvalue weighted by molar-refractivity contribution is 6.30. The van der Waals surface area contributed by atoms with E-state index in [0.29, 0.717) is 28.5 Å². The molecule has 3 N–H and O–H groups in total. The number of hydrogen-bond donors (Lipinski definition) is 2. The fraction of sp³-hybridized carbons (Fsp3) is 0.481. The number of fused-ring (bicyclic) bond motifs is 1. The highest BCUT2D eigenvalue weighted by Crippen LogP contribution is 2.36. The van der Waals surface area contributed by atoms with Crippen LogP contribution in [-0.4, -0.2) is 67.9 Å². The van der Waals surface area contributed by atoms with Crippen LogP contribution in [0.3, 0.4) is 0 Å². The van der Waals surface area contributed by atoms with Crippen molar-refractivity contribution < 1.29 is 9.47 Å². The summed E-state index contributed by atoms with van der Waals surface area (Å²) in [6, 6.07) is 12.0. The maximum atomic E-state index is 6.09. The predicted molar refractivity (Wildman–Crippen MR) is 160 cm³/mol. The fourth-order valence-corrected chi connectivity index (χ4v) is 5.53. The van der Waals surface area contributed by atoms with E-state index in [2.05, 4.69) is 15.1 Å². The number of methoxy groups -OCH3 is 2. The molecule has 5 rings (SSSR count). The highest BCUT2D eigenvalue weighted by Gasteiger charge is 2.29. The number of nitrogens with two attached hydrogens (primary N) is 1. The Balaban J connectivity index is 0.00000200. The number of likely N-dealkylation sites (tertiary alicyclic amines) is 1. The van der Waals surface area contributed by atoms with Gasteiger partial charge in [0.05, 0.1) is 19.7 Å². The van der Waals surface area contributed by atoms with Crippen LogP contribution in [0.4, 0.5) is 17.5 Å². The molecular formula is C27H37Cl3N6O2. The zero-order valence-electron chi connectivity index (χ0n) is 21.9. The molecular weight excluding hydrogens is 547 g/mol. The number of nitrogens with one attached hydrogen (secondary N) is 1. The van der Waals surface area contributed by atoms with Crippen LogP contribution in [0.25, 0.3) is 10.9 Å². The van der Waals surface area contributed by atoms with Gasteiger partial charge in [-0.25, -0.2) is 4.98 Å². The number of aromatic nitrogens is 2. The molecule has 11 heteroatoms. The lowest BCUT2D eigenvalue weighted by molar-refractivity contribution is 0.109. The van der Waals surface area contributed by atoms with Gasteiger partial charge in [-0.2, -0.15) is 4.98 Å². The van der Waals surface area contributed by atoms with E-state index in [4.69, 9.17) is 36.8 Å². The maximum absolute atomic E-state index is 6.09. The van der Waals surface area contributed by atoms with Gasteiger partial charge in [-0.05, 0) is 75.0 Å². The SMILES string of the molecule is COc1cc2nc(N3CCC(N4CCCC(CN)C4)CC3)nc(Nc3ccc(Cl)cc3)c2cc1OC.Cl.Cl. The monoisotopic (exact) mass is 582 g/mol. The first-order valence-corrected chi connectivity index (χ1v) is 13.1. The Hall–Kier alpha value is -2.23. The van der Waals surface area contributed by atoms with Gasteiger partial charge in [-0.1, -0.05) is 11.6 Å². The van der Waals surface area contributed by atoms with Crippen molar-refractivity contribution in [3.63, 3.8) is 0 Å². The van der Waals surface area contributed by atoms with Crippen molar-refractivity contribution in [1.29, 1.82) is 0 Å². The van der Waals surface area contributed by atoms with Crippen molar-refractivity contribution in [1.82, 2.24) is 14.9 Å². The standard InChI is InChI=1S/C27H35ClN6O2.2ClH/c1-35-24-14-22-23(15-25(24)36-2)31-27(32-26(22)30-20-7-5-19(28)6-8-20)33-12-9-21(10-13-33)34-11-3-4-18(16-29)17-34;;/h5-8,14-15,18,21H,3-4,9-13,16-17,29H2,1-2H3,(H,30,31,32);2*1H. The summed E-state index contributed by atoms with van der Waals surface area (Å²) in [5.41, 5.74) is 7.68. The summed E-state index contributed by atoms with van der Waals surface area (Å²) >= 11 is 6.09. The molecule has 1 unspecified atom stereocenters. The Morgan fingerprint density at radius 2 is 1.66 bits per heavy atom. The maximum Gasteiger partial charge on any atom is 0.227 e. The summed E-state index contributed by atoms with van der Waals surface area (Å²) in [5, 5.41) is 5.01. The first-order chi connectivity index (χ1) is 17.6. The smallest absolute Gasteiger partial charge is 0.227 e. The molecule has 208 valence electrons. The Labute approximate surface area is 242 Å². The molecule has 2 aromatic carbocycles. The van der Waals surface area contributed by atoms with Gasteiger partial charge in [0.2, 0.25) is 5.95 Å². The van der Waals surface area contributed by atoms with E-state index >= 15 is 0 Å². The summed E-state index contributed by atoms with van der Waals surface area (Å²) < 4.78 is 11.1. The Morgan fingerprint density at radius 3 is 2.32 bits per heavy atom. The van der Waals surface area contributed by atoms with Crippen LogP contribution in [-0.2, 0) is 0 Å². The van der Waals surface area contributed by atoms with Crippen LogP contribution in [0.1, 0.15) is 25.7 Å². The van der Waals surface area contributed by atoms with Crippen molar-refractivity contribution in [2.45, 2.75) is 31.7 Å². The third-order valence-electron chi connectivity index (χ3n) is 7.44. The Kier molecular flexibility index (Phi) is 10.9. The first kappa shape index (κ1) is 30.3. The number of rotatable bonds is 7. The van der Waals surface area contributed by atoms with Gasteiger partial charge in [0.1, 0.15) is 5.82 Å². The van der Waals surface area contributed by atoms with Crippen LogP contribution in [0.2, 0.25) is 5.02 Å². The lowest BCUT2D eigenvalue weighted by Crippen LogP contribution is -2.49. The van der Waals surface area contributed by atoms with E-state index in [1.807, 2.05) is 36.4 Å². The summed E-state index contributed by atoms with van der Waals surface area (Å²) in [7, 11) is 3.27. The lowest BCUT2D eigenvalue weighted by Gasteiger charge is -2.42. The summed E-state index contributed by atoms with van der Waals surface area (Å²) in [6.07, 6.45) is 4.71. The van der Waals surface area contributed by atoms with Gasteiger partial charge in [-0.3, -0.25) is 4.90 Å². The van der Waals surface area contributed by atoms with Crippen LogP contribution < -0.4 is 25.4 Å². The summed E-state index contributed by atoms with van der Waals surface area (Å²) in [4.78, 5) is 14.9. The number of nitrogens with zero attached hydrogens (tertiary/aromatic N) is 4. The van der Waals surface area contributed by atoms with Crippen LogP contribution in [0.5, 0.6) is 11.5 Å². The number of halogens is 3. The second kappa shape index (κ2) is 13.7. The van der Waals surface area contributed by atoms with Gasteiger partial charge in [0.25, 0.3) is 0 Å². The van der Waals surface area contributed by atoms with Crippen LogP contribution in [0.15, 0.2) is 36.4 Å². The van der Waals surface area contributed by atoms with Crippen molar-refractivity contribution >= 4 is 64.8 Å². The summed E-state index contributed by atoms with van der Waals surface area (Å²) in [6.45, 7) is 4.95. The normalized spacial score (nSPS) is 18.4. The molecule has 38 heavy (non-hydrogen) atoms. The van der Waals surface area contributed by atoms with Gasteiger partial charge >= 0.3 is 0 Å². The molecule has 0 spiro atoms. The average Bonchev–Trinajstić information content (AvgIpc) is 2.93. The minimum absolute atomic E-state index is 0. The quantitative estimate of drug-likeness (QED) is 0.376. The third-order valence-corrected chi connectivity index (χ3v) is 7.70. The molecule has 2 aliphatic rings. The van der Waals surface area contributed by atoms with E-state index < -0.39 is 0 Å². The van der Waals surface area contributed by atoms with Crippen molar-refractivity contribution in [3.8, 4) is 11.5 Å². The largest absolute Gasteiger partial charge is 0.493 e. The second-order valence-electron chi connectivity index (χ2n) is 9.69. The fourth-order valence-electron chi connectivity index (χ4n) is 5.40. The molecule has 8 nitrogen and oxygen atoms in total. The first-order valence-electron chi connectivity index (χ1n) is 12.7. The van der Waals surface area contributed by atoms with E-state index in [1.54, 1.807) is 14.2 Å². The van der Waals surface area contributed by atoms with E-state index in [1.165, 1.54) is 19.4 Å². The minimum Gasteiger partial charge on any atom is -0.493 e. The molecule has 2 aliphatic heterocycles. The number of anilines is 3. The van der Waals surface area contributed by atoms with Crippen molar-refractivity contribution in [2.75, 3.05) is 57.2 Å². The molecule has 0 bridgehead atoms. The molecule has 1 aromatic heterocycles. The molecule has 3 aromatic rings. The zero-order chi connectivity index (χ0) is 25.1. The topological polar surface area (TPSA) is 88.8 Å². The third kappa shape index (κ3) is 6.66. The van der Waals surface area contributed by atoms with Crippen LogP contribution in [0, 0.1) is 5.92 Å². The predicted octanol–water partition coefficient (Wildman–Crippen LogP) is 5.53. The highest BCUT2D eigenvalue weighted by atomic mass is 35.5. The number of benzene rings is 2. The molecule has 0 amide bonds. The van der Waals surface area contributed by atoms with Crippen LogP contribution >= 0.6 is 36.4 Å². The molecule has 0 radical (unpaired) electrons. The van der Waals surface area contributed by atoms with E-state index in [0.717, 1.165) is 67.4 Å². The molecule has 2 fully saturated rings. The Morgan fingerprint density at radius 1 is 0.974 bits per heavy atom. The van der Waals surface area contributed by atoms with Crippen molar-refractivity contribution in [2.24, 2.45) is 11.7 Å². The van der Waals surface area contributed by atoms with Gasteiger partial charge in [0, 0.05) is 47.8 Å². The van der Waals surface area contributed by atoms with Gasteiger partial charge < -0.3 is 25.4 Å². The van der Waals surface area contributed by atoms with Gasteiger partial charge in [0.15, 0.2) is 11.5 Å². The van der Waals surface area contributed by atoms with Crippen molar-refractivity contribution in [3.05, 3.63) is 41.4 Å².